The van der Waals surface area contributed by atoms with Crippen LogP contribution >= 0.6 is 0 Å². The van der Waals surface area contributed by atoms with Crippen LogP contribution in [-0.4, -0.2) is 63.6 Å². The van der Waals surface area contributed by atoms with Crippen molar-refractivity contribution in [1.29, 1.82) is 0 Å². The second-order valence-electron chi connectivity index (χ2n) is 7.85. The number of hydrogen-bond acceptors (Lipinski definition) is 6. The number of aromatic nitrogens is 1. The Balaban J connectivity index is 2.19. The molecule has 0 saturated heterocycles. The second-order valence-corrected chi connectivity index (χ2v) is 7.85. The molecule has 2 rings (SSSR count). The maximum absolute atomic E-state index is 13.0. The third-order valence-corrected chi connectivity index (χ3v) is 5.30. The summed E-state index contributed by atoms with van der Waals surface area (Å²) in [6.07, 6.45) is 2.84. The number of nitrogens with two attached hydrogens (primary N) is 2. The number of aliphatic carboxylic acids is 2. The van der Waals surface area contributed by atoms with Crippen LogP contribution in [0.25, 0.3) is 10.9 Å². The maximum Gasteiger partial charge on any atom is 0.326 e. The Morgan fingerprint density at radius 2 is 1.67 bits per heavy atom. The van der Waals surface area contributed by atoms with E-state index in [0.29, 0.717) is 25.8 Å². The topological polar surface area (TPSA) is 201 Å². The Morgan fingerprint density at radius 1 is 0.970 bits per heavy atom. The molecule has 180 valence electrons. The number of fused-ring (bicyclic) bond motifs is 1. The van der Waals surface area contributed by atoms with E-state index in [-0.39, 0.29) is 12.8 Å². The Kier molecular flexibility index (Phi) is 9.83. The highest BCUT2D eigenvalue weighted by Crippen LogP contribution is 2.19. The van der Waals surface area contributed by atoms with E-state index >= 15 is 0 Å². The maximum atomic E-state index is 13.0. The van der Waals surface area contributed by atoms with Crippen LogP contribution in [0.2, 0.25) is 0 Å². The molecule has 11 nitrogen and oxygen atoms in total. The van der Waals surface area contributed by atoms with Crippen molar-refractivity contribution in [3.63, 3.8) is 0 Å². The molecule has 0 unspecified atom stereocenters. The fourth-order valence-electron chi connectivity index (χ4n) is 3.45. The molecule has 2 aromatic rings. The van der Waals surface area contributed by atoms with Crippen LogP contribution in [0.15, 0.2) is 30.5 Å². The molecule has 0 saturated carbocycles. The molecule has 0 aliphatic carbocycles. The average molecular weight is 462 g/mol. The van der Waals surface area contributed by atoms with Gasteiger partial charge in [0.1, 0.15) is 12.1 Å². The number of para-hydroxylation sites is 1. The molecule has 9 N–H and O–H groups in total. The van der Waals surface area contributed by atoms with E-state index in [1.54, 1.807) is 6.20 Å². The first kappa shape index (κ1) is 25.8. The molecule has 0 spiro atoms. The highest BCUT2D eigenvalue weighted by Gasteiger charge is 2.29. The first-order valence-corrected chi connectivity index (χ1v) is 10.8. The Labute approximate surface area is 190 Å². The molecule has 1 aromatic carbocycles. The number of nitrogens with one attached hydrogen (secondary N) is 3. The van der Waals surface area contributed by atoms with E-state index in [0.717, 1.165) is 16.5 Å². The quantitative estimate of drug-likeness (QED) is 0.192. The van der Waals surface area contributed by atoms with E-state index in [1.807, 2.05) is 24.3 Å². The number of aromatic amines is 1. The molecule has 1 heterocycles. The second kappa shape index (κ2) is 12.6. The van der Waals surface area contributed by atoms with Crippen LogP contribution in [0.5, 0.6) is 0 Å². The van der Waals surface area contributed by atoms with E-state index in [4.69, 9.17) is 16.6 Å². The van der Waals surface area contributed by atoms with Gasteiger partial charge in [-0.3, -0.25) is 14.4 Å². The van der Waals surface area contributed by atoms with Gasteiger partial charge in [-0.2, -0.15) is 0 Å². The minimum Gasteiger partial charge on any atom is -0.481 e. The molecule has 0 aliphatic heterocycles. The molecule has 0 aliphatic rings. The number of rotatable bonds is 14. The summed E-state index contributed by atoms with van der Waals surface area (Å²) < 4.78 is 0. The lowest BCUT2D eigenvalue weighted by Crippen LogP contribution is -2.55. The SMILES string of the molecule is NCCCC[C@H](N)C(=O)N[C@@H](Cc1c[nH]c2ccccc12)C(=O)N[C@@H](CCC(=O)O)C(=O)O. The zero-order valence-corrected chi connectivity index (χ0v) is 18.3. The van der Waals surface area contributed by atoms with Crippen LogP contribution in [0.1, 0.15) is 37.7 Å². The van der Waals surface area contributed by atoms with Crippen molar-refractivity contribution < 1.29 is 29.4 Å². The monoisotopic (exact) mass is 461 g/mol. The minimum atomic E-state index is -1.41. The number of hydrogen-bond donors (Lipinski definition) is 7. The summed E-state index contributed by atoms with van der Waals surface area (Å²) in [5.41, 5.74) is 13.0. The van der Waals surface area contributed by atoms with Crippen LogP contribution < -0.4 is 22.1 Å². The van der Waals surface area contributed by atoms with Crippen LogP contribution in [0, 0.1) is 0 Å². The summed E-state index contributed by atoms with van der Waals surface area (Å²) in [6.45, 7) is 0.479. The Morgan fingerprint density at radius 3 is 2.33 bits per heavy atom. The van der Waals surface area contributed by atoms with Crippen molar-refractivity contribution in [2.45, 2.75) is 56.7 Å². The Hall–Kier alpha value is -3.44. The van der Waals surface area contributed by atoms with Gasteiger partial charge in [-0.1, -0.05) is 24.6 Å². The van der Waals surface area contributed by atoms with Gasteiger partial charge in [-0.25, -0.2) is 4.79 Å². The molecule has 0 radical (unpaired) electrons. The van der Waals surface area contributed by atoms with E-state index in [2.05, 4.69) is 15.6 Å². The van der Waals surface area contributed by atoms with E-state index < -0.39 is 48.3 Å². The number of carbonyl (C=O) groups is 4. The predicted molar refractivity (Wildman–Crippen MR) is 121 cm³/mol. The number of carboxylic acid groups (broad SMARTS) is 2. The standard InChI is InChI=1S/C22H31N5O6/c23-10-4-3-6-15(24)20(30)27-18(11-13-12-25-16-7-2-1-5-14(13)16)21(31)26-17(22(32)33)8-9-19(28)29/h1-2,5,7,12,15,17-18,25H,3-4,6,8-11,23-24H2,(H,26,31)(H,27,30)(H,28,29)(H,32,33)/t15-,17-,18-/m0/s1. The van der Waals surface area contributed by atoms with Crippen LogP contribution in [0.3, 0.4) is 0 Å². The number of carboxylic acids is 2. The molecular formula is C22H31N5O6. The molecule has 0 fully saturated rings. The summed E-state index contributed by atoms with van der Waals surface area (Å²) in [6, 6.07) is 4.06. The highest BCUT2D eigenvalue weighted by molar-refractivity contribution is 5.93. The first-order valence-electron chi connectivity index (χ1n) is 10.8. The van der Waals surface area contributed by atoms with Crippen molar-refractivity contribution in [3.8, 4) is 0 Å². The summed E-state index contributed by atoms with van der Waals surface area (Å²) in [5, 5.41) is 24.0. The lowest BCUT2D eigenvalue weighted by molar-refractivity contribution is -0.143. The van der Waals surface area contributed by atoms with Crippen LogP contribution in [0.4, 0.5) is 0 Å². The molecule has 33 heavy (non-hydrogen) atoms. The van der Waals surface area contributed by atoms with Gasteiger partial charge in [0.05, 0.1) is 6.04 Å². The first-order chi connectivity index (χ1) is 15.7. The summed E-state index contributed by atoms with van der Waals surface area (Å²) >= 11 is 0. The lowest BCUT2D eigenvalue weighted by Gasteiger charge is -2.23. The largest absolute Gasteiger partial charge is 0.481 e. The van der Waals surface area contributed by atoms with Gasteiger partial charge in [-0.15, -0.1) is 0 Å². The summed E-state index contributed by atoms with van der Waals surface area (Å²) in [5.74, 6) is -3.81. The number of carbonyl (C=O) groups excluding carboxylic acids is 2. The fourth-order valence-corrected chi connectivity index (χ4v) is 3.45. The van der Waals surface area contributed by atoms with Gasteiger partial charge in [0, 0.05) is 29.9 Å². The molecule has 3 atom stereocenters. The van der Waals surface area contributed by atoms with Gasteiger partial charge in [0.2, 0.25) is 11.8 Å². The molecular weight excluding hydrogens is 430 g/mol. The van der Waals surface area contributed by atoms with E-state index in [1.165, 1.54) is 0 Å². The van der Waals surface area contributed by atoms with Crippen LogP contribution in [-0.2, 0) is 25.6 Å². The zero-order chi connectivity index (χ0) is 24.4. The zero-order valence-electron chi connectivity index (χ0n) is 18.3. The minimum absolute atomic E-state index is 0.0857. The van der Waals surface area contributed by atoms with Crippen molar-refractivity contribution in [2.75, 3.05) is 6.54 Å². The Bertz CT molecular complexity index is 975. The van der Waals surface area contributed by atoms with Crippen molar-refractivity contribution >= 4 is 34.7 Å². The molecule has 0 bridgehead atoms. The van der Waals surface area contributed by atoms with Crippen molar-refractivity contribution in [3.05, 3.63) is 36.0 Å². The molecule has 11 heteroatoms. The van der Waals surface area contributed by atoms with Gasteiger partial charge in [0.15, 0.2) is 0 Å². The smallest absolute Gasteiger partial charge is 0.326 e. The summed E-state index contributed by atoms with van der Waals surface area (Å²) in [4.78, 5) is 51.0. The lowest BCUT2D eigenvalue weighted by atomic mass is 10.0. The third kappa shape index (κ3) is 7.88. The average Bonchev–Trinajstić information content (AvgIpc) is 3.18. The molecule has 1 aromatic heterocycles. The number of H-pyrrole nitrogens is 1. The normalized spacial score (nSPS) is 13.8. The fraction of sp³-hybridized carbons (Fsp3) is 0.455. The number of amides is 2. The third-order valence-electron chi connectivity index (χ3n) is 5.30. The van der Waals surface area contributed by atoms with Gasteiger partial charge in [-0.05, 0) is 37.4 Å². The number of unbranched alkanes of at least 4 members (excludes halogenated alkanes) is 1. The summed E-state index contributed by atoms with van der Waals surface area (Å²) in [7, 11) is 0. The number of benzene rings is 1. The predicted octanol–water partition coefficient (Wildman–Crippen LogP) is 0.0857. The van der Waals surface area contributed by atoms with Gasteiger partial charge >= 0.3 is 11.9 Å². The van der Waals surface area contributed by atoms with Gasteiger partial charge in [0.25, 0.3) is 0 Å². The van der Waals surface area contributed by atoms with Gasteiger partial charge < -0.3 is 37.3 Å². The van der Waals surface area contributed by atoms with Crippen molar-refractivity contribution in [2.24, 2.45) is 11.5 Å². The van der Waals surface area contributed by atoms with Crippen molar-refractivity contribution in [1.82, 2.24) is 15.6 Å². The highest BCUT2D eigenvalue weighted by atomic mass is 16.4. The molecule has 2 amide bonds. The van der Waals surface area contributed by atoms with E-state index in [9.17, 15) is 24.3 Å².